The number of ether oxygens (including phenoxy) is 1. The maximum Gasteiger partial charge on any atom is 0.573 e. The zero-order valence-electron chi connectivity index (χ0n) is 24.2. The molecular formula is C32H29F3N4O6S. The van der Waals surface area contributed by atoms with Gasteiger partial charge in [0.15, 0.2) is 0 Å². The van der Waals surface area contributed by atoms with Gasteiger partial charge < -0.3 is 19.6 Å². The number of para-hydroxylation sites is 4. The van der Waals surface area contributed by atoms with Crippen molar-refractivity contribution < 1.29 is 36.4 Å². The first-order valence-corrected chi connectivity index (χ1v) is 15.9. The molecule has 4 aromatic carbocycles. The average molecular weight is 655 g/mol. The van der Waals surface area contributed by atoms with Crippen molar-refractivity contribution in [3.05, 3.63) is 118 Å². The van der Waals surface area contributed by atoms with Crippen molar-refractivity contribution in [3.63, 3.8) is 0 Å². The summed E-state index contributed by atoms with van der Waals surface area (Å²) in [6.07, 6.45) is -4.82. The quantitative estimate of drug-likeness (QED) is 0.203. The van der Waals surface area contributed by atoms with Gasteiger partial charge in [0.05, 0.1) is 28.0 Å². The van der Waals surface area contributed by atoms with Crippen molar-refractivity contribution in [2.24, 2.45) is 0 Å². The number of nitro benzene ring substituents is 1. The van der Waals surface area contributed by atoms with E-state index in [-0.39, 0.29) is 29.4 Å². The van der Waals surface area contributed by atoms with Gasteiger partial charge in [0.25, 0.3) is 5.69 Å². The molecular weight excluding hydrogens is 625 g/mol. The van der Waals surface area contributed by atoms with E-state index < -0.39 is 45.2 Å². The number of aliphatic hydroxyl groups excluding tert-OH is 1. The molecule has 14 heteroatoms. The number of anilines is 3. The predicted octanol–water partition coefficient (Wildman–Crippen LogP) is 5.33. The molecule has 1 saturated heterocycles. The molecule has 0 amide bonds. The standard InChI is InChI=1S/C32H29F3N4O6S/c33-32(34,35)45-23-15-17-24(18-16-23)46(43,44)36-25-19-37(28-11-5-6-12-29(28)39(41)42)20-30(31(25)40)38-26-9-3-1-7-21(26)13-14-22-8-2-4-10-27(22)38/h1-12,15-18,25,30-31,36,40H,13-14,19-20H2/t25-,30+,31+/m1/s1. The number of aliphatic hydroxyl groups is 1. The van der Waals surface area contributed by atoms with Crippen LogP contribution in [0.2, 0.25) is 0 Å². The first-order chi connectivity index (χ1) is 21.9. The number of rotatable bonds is 7. The van der Waals surface area contributed by atoms with E-state index in [2.05, 4.69) is 9.46 Å². The number of fused-ring (bicyclic) bond motifs is 2. The summed E-state index contributed by atoms with van der Waals surface area (Å²) in [5.74, 6) is -0.592. The van der Waals surface area contributed by atoms with Crippen LogP contribution in [0.3, 0.4) is 0 Å². The molecule has 46 heavy (non-hydrogen) atoms. The molecule has 2 N–H and O–H groups in total. The molecule has 0 bridgehead atoms. The van der Waals surface area contributed by atoms with Crippen LogP contribution in [0, 0.1) is 10.1 Å². The molecule has 240 valence electrons. The molecule has 3 atom stereocenters. The fourth-order valence-electron chi connectivity index (χ4n) is 6.20. The fourth-order valence-corrected chi connectivity index (χ4v) is 7.45. The van der Waals surface area contributed by atoms with Gasteiger partial charge in [0.2, 0.25) is 10.0 Å². The van der Waals surface area contributed by atoms with Crippen molar-refractivity contribution in [1.29, 1.82) is 0 Å². The van der Waals surface area contributed by atoms with E-state index in [1.54, 1.807) is 17.0 Å². The number of nitro groups is 1. The first kappa shape index (κ1) is 31.3. The van der Waals surface area contributed by atoms with Crippen LogP contribution in [0.5, 0.6) is 5.75 Å². The average Bonchev–Trinajstić information content (AvgIpc) is 3.18. The van der Waals surface area contributed by atoms with E-state index in [1.165, 1.54) is 12.1 Å². The van der Waals surface area contributed by atoms with Crippen LogP contribution < -0.4 is 19.3 Å². The lowest BCUT2D eigenvalue weighted by molar-refractivity contribution is -0.384. The maximum absolute atomic E-state index is 13.6. The van der Waals surface area contributed by atoms with Crippen molar-refractivity contribution in [1.82, 2.24) is 4.72 Å². The van der Waals surface area contributed by atoms with Gasteiger partial charge in [-0.25, -0.2) is 13.1 Å². The molecule has 0 unspecified atom stereocenters. The summed E-state index contributed by atoms with van der Waals surface area (Å²) in [6, 6.07) is 23.3. The monoisotopic (exact) mass is 654 g/mol. The summed E-state index contributed by atoms with van der Waals surface area (Å²) < 4.78 is 71.5. The van der Waals surface area contributed by atoms with Crippen molar-refractivity contribution in [2.45, 2.75) is 42.3 Å². The van der Waals surface area contributed by atoms with Gasteiger partial charge in [0.1, 0.15) is 11.4 Å². The van der Waals surface area contributed by atoms with E-state index in [1.807, 2.05) is 53.4 Å². The normalized spacial score (nSPS) is 20.0. The van der Waals surface area contributed by atoms with Crippen LogP contribution in [-0.2, 0) is 22.9 Å². The van der Waals surface area contributed by atoms with Crippen LogP contribution in [0.25, 0.3) is 0 Å². The van der Waals surface area contributed by atoms with E-state index in [0.29, 0.717) is 0 Å². The van der Waals surface area contributed by atoms with Crippen molar-refractivity contribution in [3.8, 4) is 5.75 Å². The summed E-state index contributed by atoms with van der Waals surface area (Å²) in [4.78, 5) is 14.8. The summed E-state index contributed by atoms with van der Waals surface area (Å²) in [5.41, 5.74) is 3.75. The predicted molar refractivity (Wildman–Crippen MR) is 165 cm³/mol. The third-order valence-electron chi connectivity index (χ3n) is 8.22. The van der Waals surface area contributed by atoms with Gasteiger partial charge in [-0.1, -0.05) is 48.5 Å². The van der Waals surface area contributed by atoms with Gasteiger partial charge in [-0.05, 0) is 66.4 Å². The van der Waals surface area contributed by atoms with Gasteiger partial charge in [0, 0.05) is 30.5 Å². The Balaban J connectivity index is 1.42. The number of hydrogen-bond donors (Lipinski definition) is 2. The number of halogens is 3. The minimum absolute atomic E-state index is 0.108. The molecule has 4 aromatic rings. The van der Waals surface area contributed by atoms with Crippen LogP contribution in [0.15, 0.2) is 102 Å². The molecule has 10 nitrogen and oxygen atoms in total. The highest BCUT2D eigenvalue weighted by atomic mass is 32.2. The Kier molecular flexibility index (Phi) is 8.35. The lowest BCUT2D eigenvalue weighted by atomic mass is 9.93. The Morgan fingerprint density at radius 2 is 1.37 bits per heavy atom. The number of aryl methyl sites for hydroxylation is 2. The first-order valence-electron chi connectivity index (χ1n) is 14.4. The third kappa shape index (κ3) is 6.36. The second kappa shape index (κ2) is 12.3. The summed E-state index contributed by atoms with van der Waals surface area (Å²) in [7, 11) is -4.39. The summed E-state index contributed by atoms with van der Waals surface area (Å²) in [6.45, 7) is -0.0233. The Morgan fingerprint density at radius 3 is 1.93 bits per heavy atom. The molecule has 6 rings (SSSR count). The van der Waals surface area contributed by atoms with E-state index >= 15 is 0 Å². The topological polar surface area (TPSA) is 125 Å². The highest BCUT2D eigenvalue weighted by Crippen LogP contribution is 2.41. The molecule has 0 saturated carbocycles. The summed E-state index contributed by atoms with van der Waals surface area (Å²) in [5, 5.41) is 24.0. The highest BCUT2D eigenvalue weighted by molar-refractivity contribution is 7.89. The van der Waals surface area contributed by atoms with Gasteiger partial charge >= 0.3 is 6.36 Å². The SMILES string of the molecule is O=[N+]([O-])c1ccccc1N1C[C@@H](NS(=O)(=O)c2ccc(OC(F)(F)F)cc2)[C@H](O)[C@@H](N2c3ccccc3CCc3ccccc32)C1. The number of alkyl halides is 3. The van der Waals surface area contributed by atoms with E-state index in [4.69, 9.17) is 0 Å². The molecule has 0 aliphatic carbocycles. The molecule has 2 aliphatic rings. The van der Waals surface area contributed by atoms with Gasteiger partial charge in [-0.2, -0.15) is 0 Å². The zero-order valence-corrected chi connectivity index (χ0v) is 25.0. The van der Waals surface area contributed by atoms with Crippen molar-refractivity contribution >= 4 is 32.8 Å². The smallest absolute Gasteiger partial charge is 0.406 e. The Bertz CT molecular complexity index is 1810. The zero-order chi connectivity index (χ0) is 32.6. The van der Waals surface area contributed by atoms with Gasteiger partial charge in [-0.3, -0.25) is 10.1 Å². The van der Waals surface area contributed by atoms with Crippen molar-refractivity contribution in [2.75, 3.05) is 22.9 Å². The minimum Gasteiger partial charge on any atom is -0.406 e. The number of hydrogen-bond acceptors (Lipinski definition) is 8. The largest absolute Gasteiger partial charge is 0.573 e. The second-order valence-electron chi connectivity index (χ2n) is 11.1. The molecule has 2 aliphatic heterocycles. The number of piperidine rings is 1. The van der Waals surface area contributed by atoms with Crippen LogP contribution in [-0.4, -0.2) is 56.1 Å². The molecule has 0 spiro atoms. The number of nitrogens with zero attached hydrogens (tertiary/aromatic N) is 3. The minimum atomic E-state index is -4.95. The second-order valence-corrected chi connectivity index (χ2v) is 12.8. The molecule has 2 heterocycles. The van der Waals surface area contributed by atoms with Crippen LogP contribution in [0.1, 0.15) is 11.1 Å². The third-order valence-corrected chi connectivity index (χ3v) is 9.73. The number of sulfonamides is 1. The Hall–Kier alpha value is -4.66. The highest BCUT2D eigenvalue weighted by Gasteiger charge is 2.44. The molecule has 1 fully saturated rings. The lowest BCUT2D eigenvalue weighted by Gasteiger charge is -2.47. The molecule has 0 aromatic heterocycles. The number of benzene rings is 4. The Labute approximate surface area is 262 Å². The van der Waals surface area contributed by atoms with E-state index in [0.717, 1.165) is 59.6 Å². The fraction of sp³-hybridized carbons (Fsp3) is 0.250. The number of nitrogens with one attached hydrogen (secondary N) is 1. The lowest BCUT2D eigenvalue weighted by Crippen LogP contribution is -2.65. The Morgan fingerprint density at radius 1 is 0.826 bits per heavy atom. The van der Waals surface area contributed by atoms with Gasteiger partial charge in [-0.15, -0.1) is 13.2 Å². The van der Waals surface area contributed by atoms with Crippen LogP contribution in [0.4, 0.5) is 35.9 Å². The molecule has 0 radical (unpaired) electrons. The van der Waals surface area contributed by atoms with Crippen LogP contribution >= 0.6 is 0 Å². The van der Waals surface area contributed by atoms with E-state index in [9.17, 15) is 36.8 Å². The maximum atomic E-state index is 13.6. The summed E-state index contributed by atoms with van der Waals surface area (Å²) >= 11 is 0.